The Morgan fingerprint density at radius 2 is 2.21 bits per heavy atom. The number of rotatable bonds is 5. The lowest BCUT2D eigenvalue weighted by Gasteiger charge is -2.15. The molecular formula is C11H19N3. The molecule has 0 atom stereocenters. The fourth-order valence-corrected chi connectivity index (χ4v) is 1.44. The third-order valence-corrected chi connectivity index (χ3v) is 2.14. The number of nitrogens with zero attached hydrogens (tertiary/aromatic N) is 2. The molecule has 3 nitrogen and oxygen atoms in total. The van der Waals surface area contributed by atoms with Crippen LogP contribution in [-0.4, -0.2) is 30.5 Å². The van der Waals surface area contributed by atoms with Crippen LogP contribution in [0.25, 0.3) is 0 Å². The Morgan fingerprint density at radius 1 is 1.43 bits per heavy atom. The number of nitrogens with one attached hydrogen (secondary N) is 1. The van der Waals surface area contributed by atoms with Gasteiger partial charge in [-0.05, 0) is 31.6 Å². The largest absolute Gasteiger partial charge is 0.373 e. The Bertz CT molecular complexity index is 256. The van der Waals surface area contributed by atoms with E-state index in [2.05, 4.69) is 35.2 Å². The number of aromatic nitrogens is 1. The highest BCUT2D eigenvalue weighted by molar-refractivity contribution is 5.34. The average Bonchev–Trinajstić information content (AvgIpc) is 2.19. The van der Waals surface area contributed by atoms with Gasteiger partial charge in [-0.15, -0.1) is 0 Å². The van der Waals surface area contributed by atoms with Gasteiger partial charge in [-0.2, -0.15) is 0 Å². The second-order valence-corrected chi connectivity index (χ2v) is 3.54. The molecule has 78 valence electrons. The maximum Gasteiger partial charge on any atom is 0.125 e. The number of hydrogen-bond donors (Lipinski definition) is 1. The molecule has 0 aliphatic rings. The Morgan fingerprint density at radius 3 is 2.71 bits per heavy atom. The van der Waals surface area contributed by atoms with Gasteiger partial charge in [0.25, 0.3) is 0 Å². The Kier molecular flexibility index (Phi) is 4.40. The Balaban J connectivity index is 2.50. The van der Waals surface area contributed by atoms with Crippen molar-refractivity contribution in [3.05, 3.63) is 23.9 Å². The van der Waals surface area contributed by atoms with Gasteiger partial charge in [-0.3, -0.25) is 0 Å². The molecule has 0 aliphatic carbocycles. The molecule has 0 saturated heterocycles. The van der Waals surface area contributed by atoms with Crippen LogP contribution in [0.15, 0.2) is 18.3 Å². The van der Waals surface area contributed by atoms with Gasteiger partial charge in [0.1, 0.15) is 5.82 Å². The molecule has 1 rings (SSSR count). The third kappa shape index (κ3) is 3.34. The minimum Gasteiger partial charge on any atom is -0.373 e. The lowest BCUT2D eigenvalue weighted by molar-refractivity contribution is 0.327. The van der Waals surface area contributed by atoms with Gasteiger partial charge in [0.05, 0.1) is 0 Å². The van der Waals surface area contributed by atoms with Crippen LogP contribution >= 0.6 is 0 Å². The second kappa shape index (κ2) is 5.60. The molecule has 0 spiro atoms. The van der Waals surface area contributed by atoms with Gasteiger partial charge < -0.3 is 10.2 Å². The van der Waals surface area contributed by atoms with E-state index in [1.807, 2.05) is 19.3 Å². The molecule has 0 amide bonds. The van der Waals surface area contributed by atoms with Crippen LogP contribution in [0.5, 0.6) is 0 Å². The summed E-state index contributed by atoms with van der Waals surface area (Å²) in [5, 5.41) is 3.01. The van der Waals surface area contributed by atoms with Gasteiger partial charge >= 0.3 is 0 Å². The first-order valence-corrected chi connectivity index (χ1v) is 5.07. The molecule has 0 aromatic carbocycles. The number of anilines is 1. The van der Waals surface area contributed by atoms with E-state index in [4.69, 9.17) is 0 Å². The predicted molar refractivity (Wildman–Crippen MR) is 60.4 cm³/mol. The molecule has 3 heteroatoms. The zero-order valence-corrected chi connectivity index (χ0v) is 9.25. The maximum atomic E-state index is 4.27. The summed E-state index contributed by atoms with van der Waals surface area (Å²) >= 11 is 0. The van der Waals surface area contributed by atoms with Crippen LogP contribution in [0.1, 0.15) is 18.9 Å². The number of hydrogen-bond acceptors (Lipinski definition) is 3. The zero-order chi connectivity index (χ0) is 10.4. The summed E-state index contributed by atoms with van der Waals surface area (Å²) in [5.74, 6) is 0.923. The molecule has 0 unspecified atom stereocenters. The van der Waals surface area contributed by atoms with Crippen molar-refractivity contribution in [2.45, 2.75) is 19.9 Å². The molecule has 1 heterocycles. The van der Waals surface area contributed by atoms with Crippen LogP contribution in [0, 0.1) is 0 Å². The first kappa shape index (κ1) is 11.0. The number of pyridine rings is 1. The first-order valence-electron chi connectivity index (χ1n) is 5.07. The molecule has 1 N–H and O–H groups in total. The van der Waals surface area contributed by atoms with E-state index < -0.39 is 0 Å². The lowest BCUT2D eigenvalue weighted by atomic mass is 10.2. The highest BCUT2D eigenvalue weighted by Crippen LogP contribution is 2.06. The molecular weight excluding hydrogens is 174 g/mol. The second-order valence-electron chi connectivity index (χ2n) is 3.54. The van der Waals surface area contributed by atoms with Gasteiger partial charge in [0.2, 0.25) is 0 Å². The Hall–Kier alpha value is -1.09. The van der Waals surface area contributed by atoms with Crippen molar-refractivity contribution in [1.82, 2.24) is 9.88 Å². The quantitative estimate of drug-likeness (QED) is 0.775. The van der Waals surface area contributed by atoms with Gasteiger partial charge in [-0.25, -0.2) is 4.98 Å². The van der Waals surface area contributed by atoms with Crippen molar-refractivity contribution in [3.8, 4) is 0 Å². The molecule has 0 radical (unpaired) electrons. The van der Waals surface area contributed by atoms with Gasteiger partial charge in [0.15, 0.2) is 0 Å². The van der Waals surface area contributed by atoms with Crippen molar-refractivity contribution in [1.29, 1.82) is 0 Å². The smallest absolute Gasteiger partial charge is 0.125 e. The van der Waals surface area contributed by atoms with Crippen molar-refractivity contribution in [3.63, 3.8) is 0 Å². The highest BCUT2D eigenvalue weighted by Gasteiger charge is 1.99. The topological polar surface area (TPSA) is 28.2 Å². The van der Waals surface area contributed by atoms with E-state index in [0.29, 0.717) is 0 Å². The van der Waals surface area contributed by atoms with E-state index >= 15 is 0 Å². The van der Waals surface area contributed by atoms with E-state index in [0.717, 1.165) is 18.9 Å². The minimum atomic E-state index is 0.923. The summed E-state index contributed by atoms with van der Waals surface area (Å²) in [4.78, 5) is 6.57. The van der Waals surface area contributed by atoms with Crippen molar-refractivity contribution >= 4 is 5.82 Å². The van der Waals surface area contributed by atoms with E-state index in [-0.39, 0.29) is 0 Å². The fourth-order valence-electron chi connectivity index (χ4n) is 1.44. The van der Waals surface area contributed by atoms with E-state index in [1.54, 1.807) is 0 Å². The predicted octanol–water partition coefficient (Wildman–Crippen LogP) is 1.97. The Labute approximate surface area is 86.2 Å². The highest BCUT2D eigenvalue weighted by atomic mass is 15.1. The van der Waals surface area contributed by atoms with Gasteiger partial charge in [0, 0.05) is 19.8 Å². The van der Waals surface area contributed by atoms with E-state index in [9.17, 15) is 0 Å². The zero-order valence-electron chi connectivity index (χ0n) is 9.25. The van der Waals surface area contributed by atoms with Gasteiger partial charge in [-0.1, -0.05) is 13.0 Å². The van der Waals surface area contributed by atoms with Crippen LogP contribution in [0.4, 0.5) is 5.82 Å². The standard InChI is InChI=1S/C11H19N3/c1-4-7-14(3)9-10-5-6-11(12-2)13-8-10/h5-6,8H,4,7,9H2,1-3H3,(H,12,13). The maximum absolute atomic E-state index is 4.27. The molecule has 0 fully saturated rings. The molecule has 14 heavy (non-hydrogen) atoms. The van der Waals surface area contributed by atoms with Crippen LogP contribution in [0.3, 0.4) is 0 Å². The summed E-state index contributed by atoms with van der Waals surface area (Å²) in [6.07, 6.45) is 3.12. The third-order valence-electron chi connectivity index (χ3n) is 2.14. The first-order chi connectivity index (χ1) is 6.76. The normalized spacial score (nSPS) is 10.6. The van der Waals surface area contributed by atoms with Crippen LogP contribution < -0.4 is 5.32 Å². The van der Waals surface area contributed by atoms with Crippen molar-refractivity contribution in [2.24, 2.45) is 0 Å². The SMILES string of the molecule is CCCN(C)Cc1ccc(NC)nc1. The molecule has 0 aliphatic heterocycles. The van der Waals surface area contributed by atoms with Crippen LogP contribution in [0.2, 0.25) is 0 Å². The summed E-state index contributed by atoms with van der Waals surface area (Å²) in [6.45, 7) is 4.30. The summed E-state index contributed by atoms with van der Waals surface area (Å²) < 4.78 is 0. The van der Waals surface area contributed by atoms with Crippen LogP contribution in [-0.2, 0) is 6.54 Å². The monoisotopic (exact) mass is 193 g/mol. The lowest BCUT2D eigenvalue weighted by Crippen LogP contribution is -2.18. The fraction of sp³-hybridized carbons (Fsp3) is 0.545. The molecule has 0 bridgehead atoms. The minimum absolute atomic E-state index is 0.923. The molecule has 1 aromatic rings. The van der Waals surface area contributed by atoms with Crippen molar-refractivity contribution < 1.29 is 0 Å². The summed E-state index contributed by atoms with van der Waals surface area (Å²) in [7, 11) is 4.01. The molecule has 1 aromatic heterocycles. The summed E-state index contributed by atoms with van der Waals surface area (Å²) in [5.41, 5.74) is 1.26. The van der Waals surface area contributed by atoms with Crippen molar-refractivity contribution in [2.75, 3.05) is 26.0 Å². The molecule has 0 saturated carbocycles. The average molecular weight is 193 g/mol. The van der Waals surface area contributed by atoms with E-state index in [1.165, 1.54) is 12.0 Å². The summed E-state index contributed by atoms with van der Waals surface area (Å²) in [6, 6.07) is 4.13.